The fourth-order valence-corrected chi connectivity index (χ4v) is 4.13. The molecular formula is C12H24N2O4S. The molecular weight excluding hydrogens is 268 g/mol. The number of aliphatic hydroxyl groups is 1. The van der Waals surface area contributed by atoms with Gasteiger partial charge in [0.15, 0.2) is 9.84 Å². The topological polar surface area (TPSA) is 86.7 Å². The fourth-order valence-electron chi connectivity index (χ4n) is 2.04. The molecule has 1 unspecified atom stereocenters. The lowest BCUT2D eigenvalue weighted by molar-refractivity contribution is -0.125. The van der Waals surface area contributed by atoms with Gasteiger partial charge in [-0.1, -0.05) is 0 Å². The van der Waals surface area contributed by atoms with Crippen molar-refractivity contribution >= 4 is 15.7 Å². The van der Waals surface area contributed by atoms with Crippen LogP contribution < -0.4 is 5.32 Å². The van der Waals surface area contributed by atoms with Crippen LogP contribution in [0.1, 0.15) is 27.2 Å². The summed E-state index contributed by atoms with van der Waals surface area (Å²) < 4.78 is 22.9. The van der Waals surface area contributed by atoms with Crippen molar-refractivity contribution in [3.63, 3.8) is 0 Å². The molecule has 0 saturated carbocycles. The van der Waals surface area contributed by atoms with Gasteiger partial charge in [-0.25, -0.2) is 8.42 Å². The van der Waals surface area contributed by atoms with E-state index in [4.69, 9.17) is 0 Å². The minimum atomic E-state index is -3.03. The van der Waals surface area contributed by atoms with Gasteiger partial charge >= 0.3 is 0 Å². The molecule has 0 aromatic heterocycles. The van der Waals surface area contributed by atoms with Crippen LogP contribution in [0.4, 0.5) is 0 Å². The fraction of sp³-hybridized carbons (Fsp3) is 0.917. The van der Waals surface area contributed by atoms with Gasteiger partial charge in [0.2, 0.25) is 5.91 Å². The first-order valence-electron chi connectivity index (χ1n) is 6.33. The molecule has 0 aromatic carbocycles. The molecule has 1 heterocycles. The van der Waals surface area contributed by atoms with E-state index >= 15 is 0 Å². The van der Waals surface area contributed by atoms with Gasteiger partial charge in [-0.2, -0.15) is 0 Å². The van der Waals surface area contributed by atoms with Crippen LogP contribution in [-0.4, -0.2) is 67.1 Å². The molecule has 2 N–H and O–H groups in total. The number of nitrogens with zero attached hydrogens (tertiary/aromatic N) is 1. The van der Waals surface area contributed by atoms with Gasteiger partial charge in [0.25, 0.3) is 0 Å². The second kappa shape index (κ2) is 5.38. The highest BCUT2D eigenvalue weighted by Crippen LogP contribution is 2.22. The Hall–Kier alpha value is -0.660. The van der Waals surface area contributed by atoms with Gasteiger partial charge in [-0.3, -0.25) is 9.69 Å². The minimum absolute atomic E-state index is 0.00114. The zero-order chi connectivity index (χ0) is 14.9. The quantitative estimate of drug-likeness (QED) is 0.705. The zero-order valence-electron chi connectivity index (χ0n) is 12.1. The third kappa shape index (κ3) is 4.43. The molecule has 1 atom stereocenters. The SMILES string of the molecule is CN(CC(=O)NC1(C)CCS(=O)(=O)C1)C(C)(C)CO. The number of sulfone groups is 1. The van der Waals surface area contributed by atoms with Crippen molar-refractivity contribution in [2.75, 3.05) is 31.7 Å². The molecule has 1 rings (SSSR count). The highest BCUT2D eigenvalue weighted by Gasteiger charge is 2.39. The van der Waals surface area contributed by atoms with E-state index in [-0.39, 0.29) is 30.6 Å². The largest absolute Gasteiger partial charge is 0.394 e. The van der Waals surface area contributed by atoms with E-state index in [2.05, 4.69) is 5.32 Å². The van der Waals surface area contributed by atoms with Gasteiger partial charge in [-0.05, 0) is 34.2 Å². The number of carbonyl (C=O) groups excluding carboxylic acids is 1. The first-order valence-corrected chi connectivity index (χ1v) is 8.15. The number of likely N-dealkylation sites (N-methyl/N-ethyl adjacent to an activating group) is 1. The number of hydrogen-bond acceptors (Lipinski definition) is 5. The summed E-state index contributed by atoms with van der Waals surface area (Å²) in [7, 11) is -1.28. The van der Waals surface area contributed by atoms with Crippen LogP contribution in [0.2, 0.25) is 0 Å². The summed E-state index contributed by atoms with van der Waals surface area (Å²) in [6, 6.07) is 0. The Morgan fingerprint density at radius 3 is 2.47 bits per heavy atom. The number of aliphatic hydroxyl groups excluding tert-OH is 1. The molecule has 0 spiro atoms. The van der Waals surface area contributed by atoms with E-state index in [0.29, 0.717) is 6.42 Å². The van der Waals surface area contributed by atoms with Crippen molar-refractivity contribution in [3.8, 4) is 0 Å². The Labute approximate surface area is 115 Å². The van der Waals surface area contributed by atoms with Crippen molar-refractivity contribution < 1.29 is 18.3 Å². The summed E-state index contributed by atoms with van der Waals surface area (Å²) in [6.07, 6.45) is 0.453. The number of amides is 1. The van der Waals surface area contributed by atoms with Gasteiger partial charge in [0, 0.05) is 5.54 Å². The molecule has 6 nitrogen and oxygen atoms in total. The Bertz CT molecular complexity index is 447. The molecule has 1 aliphatic rings. The van der Waals surface area contributed by atoms with E-state index in [1.807, 2.05) is 13.8 Å². The van der Waals surface area contributed by atoms with Crippen LogP contribution >= 0.6 is 0 Å². The maximum atomic E-state index is 12.0. The Balaban J connectivity index is 2.57. The normalized spacial score (nSPS) is 26.6. The lowest BCUT2D eigenvalue weighted by Crippen LogP contribution is -2.53. The predicted molar refractivity (Wildman–Crippen MR) is 73.6 cm³/mol. The van der Waals surface area contributed by atoms with Crippen molar-refractivity contribution in [2.45, 2.75) is 38.3 Å². The third-order valence-corrected chi connectivity index (χ3v) is 5.65. The molecule has 19 heavy (non-hydrogen) atoms. The van der Waals surface area contributed by atoms with Crippen LogP contribution in [0.3, 0.4) is 0 Å². The summed E-state index contributed by atoms with van der Waals surface area (Å²) in [5.74, 6) is -0.0933. The zero-order valence-corrected chi connectivity index (χ0v) is 12.9. The second-order valence-electron chi connectivity index (χ2n) is 6.28. The lowest BCUT2D eigenvalue weighted by atomic mass is 10.0. The summed E-state index contributed by atoms with van der Waals surface area (Å²) in [5, 5.41) is 12.0. The monoisotopic (exact) mass is 292 g/mol. The van der Waals surface area contributed by atoms with Crippen molar-refractivity contribution in [1.29, 1.82) is 0 Å². The van der Waals surface area contributed by atoms with Crippen molar-refractivity contribution in [1.82, 2.24) is 10.2 Å². The maximum Gasteiger partial charge on any atom is 0.234 e. The third-order valence-electron chi connectivity index (χ3n) is 3.75. The van der Waals surface area contributed by atoms with Gasteiger partial charge in [0.1, 0.15) is 0 Å². The van der Waals surface area contributed by atoms with Gasteiger partial charge in [-0.15, -0.1) is 0 Å². The summed E-state index contributed by atoms with van der Waals surface area (Å²) >= 11 is 0. The van der Waals surface area contributed by atoms with Crippen LogP contribution in [-0.2, 0) is 14.6 Å². The second-order valence-corrected chi connectivity index (χ2v) is 8.46. The molecule has 0 aromatic rings. The molecule has 1 fully saturated rings. The highest BCUT2D eigenvalue weighted by atomic mass is 32.2. The molecule has 0 aliphatic carbocycles. The van der Waals surface area contributed by atoms with Gasteiger partial charge in [0.05, 0.1) is 30.2 Å². The van der Waals surface area contributed by atoms with Crippen molar-refractivity contribution in [3.05, 3.63) is 0 Å². The van der Waals surface area contributed by atoms with Crippen LogP contribution in [0.5, 0.6) is 0 Å². The molecule has 112 valence electrons. The van der Waals surface area contributed by atoms with E-state index in [1.54, 1.807) is 18.9 Å². The minimum Gasteiger partial charge on any atom is -0.394 e. The van der Waals surface area contributed by atoms with Crippen molar-refractivity contribution in [2.24, 2.45) is 0 Å². The summed E-state index contributed by atoms with van der Waals surface area (Å²) in [4.78, 5) is 13.7. The Morgan fingerprint density at radius 1 is 1.47 bits per heavy atom. The summed E-state index contributed by atoms with van der Waals surface area (Å²) in [5.41, 5.74) is -1.15. The van der Waals surface area contributed by atoms with E-state index in [9.17, 15) is 18.3 Å². The number of rotatable bonds is 5. The lowest BCUT2D eigenvalue weighted by Gasteiger charge is -2.34. The summed E-state index contributed by atoms with van der Waals surface area (Å²) in [6.45, 7) is 5.50. The molecule has 0 radical (unpaired) electrons. The molecule has 7 heteroatoms. The van der Waals surface area contributed by atoms with Crippen LogP contribution in [0.15, 0.2) is 0 Å². The number of hydrogen-bond donors (Lipinski definition) is 2. The average molecular weight is 292 g/mol. The number of nitrogens with one attached hydrogen (secondary N) is 1. The Morgan fingerprint density at radius 2 is 2.05 bits per heavy atom. The predicted octanol–water partition coefficient (Wildman–Crippen LogP) is -0.617. The molecule has 1 aliphatic heterocycles. The standard InChI is InChI=1S/C12H24N2O4S/c1-11(2,8-15)14(4)7-10(16)13-12(3)5-6-19(17,18)9-12/h15H,5-9H2,1-4H3,(H,13,16). The Kier molecular flexibility index (Phi) is 4.64. The average Bonchev–Trinajstić information content (AvgIpc) is 2.52. The number of carbonyl (C=O) groups is 1. The molecule has 0 bridgehead atoms. The van der Waals surface area contributed by atoms with E-state index in [1.165, 1.54) is 0 Å². The smallest absolute Gasteiger partial charge is 0.234 e. The highest BCUT2D eigenvalue weighted by molar-refractivity contribution is 7.91. The maximum absolute atomic E-state index is 12.0. The van der Waals surface area contributed by atoms with Gasteiger partial charge < -0.3 is 10.4 Å². The first-order chi connectivity index (χ1) is 8.50. The van der Waals surface area contributed by atoms with Crippen LogP contribution in [0.25, 0.3) is 0 Å². The first kappa shape index (κ1) is 16.4. The molecule has 1 saturated heterocycles. The van der Waals surface area contributed by atoms with E-state index in [0.717, 1.165) is 0 Å². The van der Waals surface area contributed by atoms with Crippen LogP contribution in [0, 0.1) is 0 Å². The van der Waals surface area contributed by atoms with E-state index < -0.39 is 20.9 Å². The molecule has 1 amide bonds.